The Bertz CT molecular complexity index is 936. The smallest absolute Gasteiger partial charge is 0.225 e. The second kappa shape index (κ2) is 8.77. The summed E-state index contributed by atoms with van der Waals surface area (Å²) >= 11 is 0. The molecular formula is C22H25N5O2. The summed E-state index contributed by atoms with van der Waals surface area (Å²) in [6, 6.07) is 11.9. The third-order valence-electron chi connectivity index (χ3n) is 5.01. The lowest BCUT2D eigenvalue weighted by Crippen LogP contribution is -2.17. The number of anilines is 3. The molecule has 7 heteroatoms. The van der Waals surface area contributed by atoms with E-state index in [0.717, 1.165) is 29.8 Å². The van der Waals surface area contributed by atoms with Gasteiger partial charge in [-0.2, -0.15) is 4.98 Å². The van der Waals surface area contributed by atoms with Gasteiger partial charge in [-0.1, -0.05) is 12.8 Å². The summed E-state index contributed by atoms with van der Waals surface area (Å²) in [5.74, 6) is 2.74. The van der Waals surface area contributed by atoms with Gasteiger partial charge < -0.3 is 20.1 Å². The van der Waals surface area contributed by atoms with Crippen molar-refractivity contribution in [3.05, 3.63) is 48.8 Å². The van der Waals surface area contributed by atoms with Crippen LogP contribution in [0, 0.1) is 0 Å². The lowest BCUT2D eigenvalue weighted by atomic mass is 10.2. The molecule has 1 saturated carbocycles. The number of benzene rings is 1. The first-order valence-corrected chi connectivity index (χ1v) is 9.79. The predicted molar refractivity (Wildman–Crippen MR) is 114 cm³/mol. The topological polar surface area (TPSA) is 81.2 Å². The fourth-order valence-corrected chi connectivity index (χ4v) is 3.53. The first kappa shape index (κ1) is 19.0. The third kappa shape index (κ3) is 4.74. The van der Waals surface area contributed by atoms with Crippen LogP contribution in [0.5, 0.6) is 11.5 Å². The van der Waals surface area contributed by atoms with Crippen molar-refractivity contribution >= 4 is 17.5 Å². The molecule has 0 amide bonds. The Morgan fingerprint density at radius 1 is 0.897 bits per heavy atom. The average molecular weight is 391 g/mol. The molecule has 1 aromatic carbocycles. The Balaban J connectivity index is 1.68. The van der Waals surface area contributed by atoms with Crippen LogP contribution >= 0.6 is 0 Å². The predicted octanol–water partition coefficient (Wildman–Crippen LogP) is 4.65. The van der Waals surface area contributed by atoms with E-state index >= 15 is 0 Å². The SMILES string of the molecule is COc1cc(Nc2cc(-c3ccncc3)nc(NC3CCCC3)n2)cc(OC)c1. The summed E-state index contributed by atoms with van der Waals surface area (Å²) in [5, 5.41) is 6.86. The van der Waals surface area contributed by atoms with Crippen LogP contribution in [-0.2, 0) is 0 Å². The minimum absolute atomic E-state index is 0.424. The quantitative estimate of drug-likeness (QED) is 0.606. The van der Waals surface area contributed by atoms with Crippen LogP contribution in [0.25, 0.3) is 11.3 Å². The molecule has 2 N–H and O–H groups in total. The maximum Gasteiger partial charge on any atom is 0.225 e. The van der Waals surface area contributed by atoms with Crippen molar-refractivity contribution in [1.82, 2.24) is 15.0 Å². The Kier molecular flexibility index (Phi) is 5.74. The molecule has 150 valence electrons. The fourth-order valence-electron chi connectivity index (χ4n) is 3.53. The first-order valence-electron chi connectivity index (χ1n) is 9.79. The number of pyridine rings is 1. The van der Waals surface area contributed by atoms with Gasteiger partial charge in [0.25, 0.3) is 0 Å². The molecule has 0 atom stereocenters. The van der Waals surface area contributed by atoms with Crippen molar-refractivity contribution in [2.75, 3.05) is 24.9 Å². The van der Waals surface area contributed by atoms with E-state index < -0.39 is 0 Å². The normalized spacial score (nSPS) is 13.9. The summed E-state index contributed by atoms with van der Waals surface area (Å²) in [4.78, 5) is 13.5. The average Bonchev–Trinajstić information content (AvgIpc) is 3.27. The van der Waals surface area contributed by atoms with Crippen molar-refractivity contribution in [2.24, 2.45) is 0 Å². The molecule has 0 unspecified atom stereocenters. The van der Waals surface area contributed by atoms with Crippen molar-refractivity contribution in [3.8, 4) is 22.8 Å². The summed E-state index contributed by atoms with van der Waals surface area (Å²) in [6.07, 6.45) is 8.33. The van der Waals surface area contributed by atoms with Gasteiger partial charge >= 0.3 is 0 Å². The van der Waals surface area contributed by atoms with E-state index in [2.05, 4.69) is 15.6 Å². The van der Waals surface area contributed by atoms with Crippen LogP contribution in [0.15, 0.2) is 48.8 Å². The van der Waals surface area contributed by atoms with Gasteiger partial charge in [0, 0.05) is 54.0 Å². The summed E-state index contributed by atoms with van der Waals surface area (Å²) < 4.78 is 10.7. The maximum absolute atomic E-state index is 5.37. The molecule has 0 bridgehead atoms. The molecule has 1 aliphatic carbocycles. The summed E-state index contributed by atoms with van der Waals surface area (Å²) in [6.45, 7) is 0. The van der Waals surface area contributed by atoms with E-state index in [-0.39, 0.29) is 0 Å². The fraction of sp³-hybridized carbons (Fsp3) is 0.318. The van der Waals surface area contributed by atoms with E-state index in [4.69, 9.17) is 19.4 Å². The van der Waals surface area contributed by atoms with Gasteiger partial charge in [0.05, 0.1) is 19.9 Å². The van der Waals surface area contributed by atoms with Gasteiger partial charge in [-0.3, -0.25) is 4.98 Å². The first-order chi connectivity index (χ1) is 14.2. The van der Waals surface area contributed by atoms with Crippen LogP contribution in [0.3, 0.4) is 0 Å². The van der Waals surface area contributed by atoms with Crippen LogP contribution in [-0.4, -0.2) is 35.2 Å². The molecule has 0 saturated heterocycles. The summed E-state index contributed by atoms with van der Waals surface area (Å²) in [5.41, 5.74) is 2.65. The van der Waals surface area contributed by atoms with Crippen LogP contribution in [0.2, 0.25) is 0 Å². The lowest BCUT2D eigenvalue weighted by molar-refractivity contribution is 0.395. The monoisotopic (exact) mass is 391 g/mol. The zero-order valence-corrected chi connectivity index (χ0v) is 16.7. The van der Waals surface area contributed by atoms with E-state index in [1.54, 1.807) is 26.6 Å². The van der Waals surface area contributed by atoms with Crippen molar-refractivity contribution < 1.29 is 9.47 Å². The number of rotatable bonds is 7. The Labute approximate surface area is 170 Å². The number of nitrogens with zero attached hydrogens (tertiary/aromatic N) is 3. The van der Waals surface area contributed by atoms with Gasteiger partial charge in [0.15, 0.2) is 0 Å². The van der Waals surface area contributed by atoms with Crippen LogP contribution in [0.1, 0.15) is 25.7 Å². The zero-order chi connectivity index (χ0) is 20.1. The highest BCUT2D eigenvalue weighted by Gasteiger charge is 2.17. The largest absolute Gasteiger partial charge is 0.497 e. The molecule has 0 spiro atoms. The Morgan fingerprint density at radius 2 is 1.59 bits per heavy atom. The number of ether oxygens (including phenoxy) is 2. The van der Waals surface area contributed by atoms with Crippen molar-refractivity contribution in [1.29, 1.82) is 0 Å². The molecule has 1 aliphatic rings. The molecule has 7 nitrogen and oxygen atoms in total. The van der Waals surface area contributed by atoms with Gasteiger partial charge in [-0.15, -0.1) is 0 Å². The van der Waals surface area contributed by atoms with Gasteiger partial charge in [0.2, 0.25) is 5.95 Å². The molecular weight excluding hydrogens is 366 g/mol. The molecule has 29 heavy (non-hydrogen) atoms. The molecule has 2 aromatic heterocycles. The molecule has 0 aliphatic heterocycles. The minimum atomic E-state index is 0.424. The van der Waals surface area contributed by atoms with Gasteiger partial charge in [-0.25, -0.2) is 4.98 Å². The second-order valence-corrected chi connectivity index (χ2v) is 7.05. The second-order valence-electron chi connectivity index (χ2n) is 7.05. The van der Waals surface area contributed by atoms with E-state index in [9.17, 15) is 0 Å². The molecule has 4 rings (SSSR count). The highest BCUT2D eigenvalue weighted by atomic mass is 16.5. The standard InChI is InChI=1S/C22H25N5O2/c1-28-18-11-17(12-19(13-18)29-2)24-21-14-20(15-7-9-23-10-8-15)26-22(27-21)25-16-5-3-4-6-16/h7-14,16H,3-6H2,1-2H3,(H2,24,25,26,27). The Hall–Kier alpha value is -3.35. The number of hydrogen-bond acceptors (Lipinski definition) is 7. The van der Waals surface area contributed by atoms with Crippen molar-refractivity contribution in [3.63, 3.8) is 0 Å². The highest BCUT2D eigenvalue weighted by molar-refractivity contribution is 5.68. The third-order valence-corrected chi connectivity index (χ3v) is 5.01. The zero-order valence-electron chi connectivity index (χ0n) is 16.7. The minimum Gasteiger partial charge on any atom is -0.497 e. The van der Waals surface area contributed by atoms with Crippen molar-refractivity contribution in [2.45, 2.75) is 31.7 Å². The van der Waals surface area contributed by atoms with Crippen LogP contribution in [0.4, 0.5) is 17.5 Å². The highest BCUT2D eigenvalue weighted by Crippen LogP contribution is 2.30. The summed E-state index contributed by atoms with van der Waals surface area (Å²) in [7, 11) is 3.27. The number of hydrogen-bond donors (Lipinski definition) is 2. The number of nitrogens with one attached hydrogen (secondary N) is 2. The van der Waals surface area contributed by atoms with E-state index in [0.29, 0.717) is 29.3 Å². The van der Waals surface area contributed by atoms with Crippen LogP contribution < -0.4 is 20.1 Å². The van der Waals surface area contributed by atoms with E-state index in [1.165, 1.54) is 12.8 Å². The van der Waals surface area contributed by atoms with Gasteiger partial charge in [-0.05, 0) is 25.0 Å². The number of aromatic nitrogens is 3. The van der Waals surface area contributed by atoms with E-state index in [1.807, 2.05) is 36.4 Å². The molecule has 3 aromatic rings. The molecule has 2 heterocycles. The lowest BCUT2D eigenvalue weighted by Gasteiger charge is -2.15. The molecule has 1 fully saturated rings. The Morgan fingerprint density at radius 3 is 2.24 bits per heavy atom. The van der Waals surface area contributed by atoms with Gasteiger partial charge in [0.1, 0.15) is 17.3 Å². The number of methoxy groups -OCH3 is 2. The maximum atomic E-state index is 5.37. The molecule has 0 radical (unpaired) electrons.